The maximum Gasteiger partial charge on any atom is 0.490 e. The molecule has 1 aromatic heterocycles. The fourth-order valence-corrected chi connectivity index (χ4v) is 5.62. The number of alkyl halides is 1. The number of ether oxygens (including phenoxy) is 1. The summed E-state index contributed by atoms with van der Waals surface area (Å²) in [6.07, 6.45) is -5.69. The predicted octanol–water partition coefficient (Wildman–Crippen LogP) is -1.02. The normalized spacial score (nSPS) is 29.9. The number of H-pyrrole nitrogens is 1. The van der Waals surface area contributed by atoms with E-state index < -0.39 is 70.3 Å². The first-order valence-electron chi connectivity index (χ1n) is 7.71. The second-order valence-corrected chi connectivity index (χ2v) is 10.8. The van der Waals surface area contributed by atoms with Gasteiger partial charge >= 0.3 is 23.5 Å². The van der Waals surface area contributed by atoms with Gasteiger partial charge in [0, 0.05) is 6.20 Å². The molecular formula is C10H14FN2O15P3S. The summed E-state index contributed by atoms with van der Waals surface area (Å²) in [7, 11) is -17.3. The van der Waals surface area contributed by atoms with Gasteiger partial charge in [-0.1, -0.05) is 0 Å². The van der Waals surface area contributed by atoms with Crippen LogP contribution in [0.15, 0.2) is 11.0 Å². The summed E-state index contributed by atoms with van der Waals surface area (Å²) in [5, 5.41) is 20.0. The van der Waals surface area contributed by atoms with Gasteiger partial charge in [-0.15, -0.1) is 0 Å². The number of nitrogens with zero attached hydrogens (tertiary/aromatic N) is 1. The molecule has 6 atom stereocenters. The van der Waals surface area contributed by atoms with Crippen LogP contribution >= 0.6 is 35.7 Å². The Balaban J connectivity index is 2.21. The molecule has 7 N–H and O–H groups in total. The second kappa shape index (κ2) is 9.32. The van der Waals surface area contributed by atoms with Gasteiger partial charge in [-0.05, 0) is 12.2 Å². The van der Waals surface area contributed by atoms with E-state index in [1.54, 1.807) is 0 Å². The quantitative estimate of drug-likeness (QED) is 0.111. The van der Waals surface area contributed by atoms with Gasteiger partial charge < -0.3 is 34.5 Å². The fourth-order valence-electron chi connectivity index (χ4n) is 2.34. The Morgan fingerprint density at radius 2 is 1.81 bits per heavy atom. The molecule has 1 fully saturated rings. The lowest BCUT2D eigenvalue weighted by molar-refractivity contribution is -0.204. The van der Waals surface area contributed by atoms with Crippen LogP contribution in [0.2, 0.25) is 0 Å². The van der Waals surface area contributed by atoms with Gasteiger partial charge in [0.1, 0.15) is 18.8 Å². The number of aromatic amines is 1. The highest BCUT2D eigenvalue weighted by Crippen LogP contribution is 2.66. The number of hydrogen-bond donors (Lipinski definition) is 7. The number of carbonyl (C=O) groups is 1. The summed E-state index contributed by atoms with van der Waals surface area (Å²) in [5.74, 6) is -3.50. The van der Waals surface area contributed by atoms with Crippen LogP contribution < -0.4 is 5.56 Å². The van der Waals surface area contributed by atoms with E-state index >= 15 is 0 Å². The van der Waals surface area contributed by atoms with E-state index in [1.165, 1.54) is 0 Å². The number of aliphatic hydroxyl groups is 2. The summed E-state index contributed by atoms with van der Waals surface area (Å²) in [6.45, 7) is -1.75. The highest BCUT2D eigenvalue weighted by Gasteiger charge is 2.57. The zero-order valence-electron chi connectivity index (χ0n) is 15.0. The van der Waals surface area contributed by atoms with Crippen molar-refractivity contribution in [2.24, 2.45) is 0 Å². The predicted molar refractivity (Wildman–Crippen MR) is 97.1 cm³/mol. The average molecular weight is 546 g/mol. The van der Waals surface area contributed by atoms with Crippen LogP contribution in [-0.4, -0.2) is 70.3 Å². The van der Waals surface area contributed by atoms with E-state index in [4.69, 9.17) is 31.6 Å². The van der Waals surface area contributed by atoms with Gasteiger partial charge in [0.25, 0.3) is 11.4 Å². The highest BCUT2D eigenvalue weighted by molar-refractivity contribution is 7.71. The van der Waals surface area contributed by atoms with Crippen molar-refractivity contribution in [1.82, 2.24) is 9.55 Å². The zero-order valence-corrected chi connectivity index (χ0v) is 18.5. The third kappa shape index (κ3) is 6.53. The second-order valence-electron chi connectivity index (χ2n) is 5.96. The summed E-state index contributed by atoms with van der Waals surface area (Å²) in [6, 6.07) is 0. The smallest absolute Gasteiger partial charge is 0.385 e. The Bertz CT molecular complexity index is 1150. The first-order valence-corrected chi connectivity index (χ1v) is 12.6. The lowest BCUT2D eigenvalue weighted by Gasteiger charge is -2.24. The van der Waals surface area contributed by atoms with E-state index in [9.17, 15) is 42.8 Å². The van der Waals surface area contributed by atoms with Crippen molar-refractivity contribution >= 4 is 42.0 Å². The van der Waals surface area contributed by atoms with Crippen LogP contribution in [0.1, 0.15) is 16.6 Å². The maximum atomic E-state index is 15.0. The summed E-state index contributed by atoms with van der Waals surface area (Å²) in [5.41, 5.74) is -1.44. The number of phosphoric acid groups is 3. The molecule has 22 heteroatoms. The topological polar surface area (TPSA) is 264 Å². The molecule has 32 heavy (non-hydrogen) atoms. The number of halogens is 1. The average Bonchev–Trinajstić information content (AvgIpc) is 2.82. The Morgan fingerprint density at radius 1 is 1.22 bits per heavy atom. The molecule has 0 amide bonds. The molecule has 17 nitrogen and oxygen atoms in total. The lowest BCUT2D eigenvalue weighted by Crippen LogP contribution is -2.42. The summed E-state index contributed by atoms with van der Waals surface area (Å²) in [4.78, 5) is 59.8. The third-order valence-corrected chi connectivity index (χ3v) is 7.71. The van der Waals surface area contributed by atoms with Crippen molar-refractivity contribution in [2.45, 2.75) is 24.3 Å². The van der Waals surface area contributed by atoms with Crippen LogP contribution in [0, 0.1) is 4.77 Å². The minimum Gasteiger partial charge on any atom is -0.385 e. The molecule has 0 aliphatic carbocycles. The molecule has 182 valence electrons. The van der Waals surface area contributed by atoms with Crippen LogP contribution in [-0.2, 0) is 31.6 Å². The molecule has 0 aromatic carbocycles. The van der Waals surface area contributed by atoms with Crippen LogP contribution in [0.5, 0.6) is 0 Å². The molecular weight excluding hydrogens is 532 g/mol. The lowest BCUT2D eigenvalue weighted by atomic mass is 10.1. The number of hydrogen-bond acceptors (Lipinski definition) is 12. The van der Waals surface area contributed by atoms with Crippen LogP contribution in [0.3, 0.4) is 0 Å². The van der Waals surface area contributed by atoms with E-state index in [1.807, 2.05) is 4.98 Å². The molecule has 1 aromatic rings. The minimum atomic E-state index is -5.89. The van der Waals surface area contributed by atoms with Crippen molar-refractivity contribution in [1.29, 1.82) is 0 Å². The number of nitrogens with one attached hydrogen (secondary N) is 1. The molecule has 1 aliphatic rings. The number of aldehydes is 1. The van der Waals surface area contributed by atoms with Crippen molar-refractivity contribution in [3.63, 3.8) is 0 Å². The molecule has 2 heterocycles. The van der Waals surface area contributed by atoms with Crippen molar-refractivity contribution in [3.05, 3.63) is 26.9 Å². The monoisotopic (exact) mass is 546 g/mol. The van der Waals surface area contributed by atoms with Crippen LogP contribution in [0.4, 0.5) is 4.39 Å². The Morgan fingerprint density at radius 3 is 2.34 bits per heavy atom. The zero-order chi connectivity index (χ0) is 24.7. The van der Waals surface area contributed by atoms with Crippen molar-refractivity contribution in [2.75, 3.05) is 6.61 Å². The standard InChI is InChI=1S/C10H14FN2O15P3S/c11-10(3-25-30(21,22)28-31(23,24)27-29(18,19)20)6(16)5(15)8(26-10)13-1-4(2-14)7(17)12-9(13)32/h1-2,5-6,8,15-16H,3H2,(H,21,22)(H,23,24)(H,12,17,32)(H2,18,19,20)/t5-,6+,8-,10-/m1/s1. The van der Waals surface area contributed by atoms with E-state index in [-0.39, 0.29) is 6.29 Å². The minimum absolute atomic E-state index is 0.0971. The Kier molecular flexibility index (Phi) is 7.94. The molecule has 0 radical (unpaired) electrons. The Hall–Kier alpha value is -1.01. The molecule has 0 spiro atoms. The van der Waals surface area contributed by atoms with Crippen LogP contribution in [0.25, 0.3) is 0 Å². The number of aromatic nitrogens is 2. The largest absolute Gasteiger partial charge is 0.490 e. The molecule has 0 saturated carbocycles. The first kappa shape index (κ1) is 27.2. The number of aliphatic hydroxyl groups excluding tert-OH is 2. The fraction of sp³-hybridized carbons (Fsp3) is 0.500. The van der Waals surface area contributed by atoms with Crippen molar-refractivity contribution < 1.29 is 70.5 Å². The highest BCUT2D eigenvalue weighted by atomic mass is 32.1. The van der Waals surface area contributed by atoms with Gasteiger partial charge in [0.2, 0.25) is 0 Å². The van der Waals surface area contributed by atoms with Crippen molar-refractivity contribution in [3.8, 4) is 0 Å². The van der Waals surface area contributed by atoms with Gasteiger partial charge in [0.15, 0.2) is 17.3 Å². The first-order chi connectivity index (χ1) is 14.4. The molecule has 1 aliphatic heterocycles. The van der Waals surface area contributed by atoms with E-state index in [0.29, 0.717) is 4.57 Å². The number of rotatable bonds is 9. The van der Waals surface area contributed by atoms with E-state index in [2.05, 4.69) is 13.1 Å². The third-order valence-electron chi connectivity index (χ3n) is 3.61. The maximum absolute atomic E-state index is 15.0. The summed E-state index contributed by atoms with van der Waals surface area (Å²) < 4.78 is 64.5. The summed E-state index contributed by atoms with van der Waals surface area (Å²) >= 11 is 4.80. The number of carbonyl (C=O) groups excluding carboxylic acids is 1. The van der Waals surface area contributed by atoms with Gasteiger partial charge in [0.05, 0.1) is 5.56 Å². The number of phosphoric ester groups is 1. The molecule has 0 bridgehead atoms. The Labute approximate surface area is 180 Å². The molecule has 1 saturated heterocycles. The molecule has 2 rings (SSSR count). The van der Waals surface area contributed by atoms with Gasteiger partial charge in [-0.2, -0.15) is 8.62 Å². The SMILES string of the molecule is O=Cc1cn([C@@H]2O[C@](F)(COP(=O)(O)OP(=O)(O)OP(=O)(O)O)[C@@H](O)[C@H]2O)c(=S)[nH]c1=O. The molecule has 2 unspecified atom stereocenters. The van der Waals surface area contributed by atoms with E-state index in [0.717, 1.165) is 6.20 Å². The van der Waals surface area contributed by atoms with Gasteiger partial charge in [-0.3, -0.25) is 23.7 Å². The van der Waals surface area contributed by atoms with Gasteiger partial charge in [-0.25, -0.2) is 18.1 Å².